The minimum atomic E-state index is -0.984. The molecule has 3 aliphatic carbocycles. The Kier molecular flexibility index (Phi) is 37.0. The third-order valence-electron chi connectivity index (χ3n) is 26.6. The van der Waals surface area contributed by atoms with Crippen molar-refractivity contribution in [1.29, 1.82) is 10.5 Å². The van der Waals surface area contributed by atoms with Crippen LogP contribution in [0.5, 0.6) is 0 Å². The van der Waals surface area contributed by atoms with E-state index in [4.69, 9.17) is 63.9 Å². The van der Waals surface area contributed by atoms with Crippen LogP contribution < -0.4 is 39.3 Å². The molecule has 760 valence electrons. The first-order chi connectivity index (χ1) is 69.4. The number of Topliss-reactive ketones (excluding diaryl/α,β-unsaturated/α-hetero) is 4. The summed E-state index contributed by atoms with van der Waals surface area (Å²) in [7, 11) is 4.63. The molecular weight excluding hydrogens is 1920 g/mol. The molecule has 16 rings (SSSR count). The summed E-state index contributed by atoms with van der Waals surface area (Å²) in [6, 6.07) is 27.2. The lowest BCUT2D eigenvalue weighted by Crippen LogP contribution is -2.62. The van der Waals surface area contributed by atoms with E-state index in [1.807, 2.05) is 30.0 Å². The number of rotatable bonds is 28. The van der Waals surface area contributed by atoms with Crippen molar-refractivity contribution in [1.82, 2.24) is 44.8 Å². The second-order valence-corrected chi connectivity index (χ2v) is 38.8. The molecule has 0 radical (unpaired) electrons. The highest BCUT2D eigenvalue weighted by Gasteiger charge is 2.42. The van der Waals surface area contributed by atoms with E-state index in [-0.39, 0.29) is 175 Å². The number of carbonyl (C=O) groups is 5. The number of ketones is 4. The molecule has 1 aliphatic heterocycles. The Morgan fingerprint density at radius 2 is 0.793 bits per heavy atom. The predicted octanol–water partition coefficient (Wildman–Crippen LogP) is 18.2. The molecule has 27 nitrogen and oxygen atoms in total. The van der Waals surface area contributed by atoms with Crippen LogP contribution >= 0.6 is 22.7 Å². The number of likely N-dealkylation sites (N-methyl/N-ethyl adjacent to an activating group) is 1. The van der Waals surface area contributed by atoms with E-state index in [0.717, 1.165) is 148 Å². The molecule has 0 unspecified atom stereocenters. The summed E-state index contributed by atoms with van der Waals surface area (Å²) in [5.41, 5.74) is 41.4. The summed E-state index contributed by atoms with van der Waals surface area (Å²) in [5.74, 6) is -9.48. The summed E-state index contributed by atoms with van der Waals surface area (Å²) in [4.78, 5) is 101. The van der Waals surface area contributed by atoms with E-state index in [0.29, 0.717) is 69.5 Å². The second kappa shape index (κ2) is 49.3. The molecule has 39 heteroatoms. The fraction of sp³-hybridized carbons (Fsp3) is 0.368. The molecule has 12 N–H and O–H groups in total. The molecule has 8 aromatic heterocycles. The SMILES string of the molecule is COC(=O)N(C)[C@@H]1[C@H](N)CN(c2ccncc2CC(=O)c2ccc(F)c(-c3c(F)cccc3F)n2)C[C@@H]1C.CO[C@H]1[C@H](N)C[C@H](c2ccncc2CC(=O)c2ccc(F)c(-c3c(F)cc(C)cc3F)n2)C[C@@H]1C.C[C@@H]1C[C@H](c2ccncc2CC(=O)c2nc(-c3c(F)cccc3F)sc2N)C[C@H](N)[C@@H]1OCCC#N.C[C@H]1C[C@@H](c2ccncc2CC(=O)c2nc(-c3c(F)cccc3F)sc2N)C[C@@H](N)[C@H]1OCCC#N. The maximum absolute atomic E-state index is 14.5. The second-order valence-electron chi connectivity index (χ2n) is 36.8. The van der Waals surface area contributed by atoms with Crippen LogP contribution in [0.3, 0.4) is 0 Å². The minimum Gasteiger partial charge on any atom is -0.453 e. The molecule has 0 spiro atoms. The van der Waals surface area contributed by atoms with Crippen LogP contribution in [0.25, 0.3) is 43.7 Å². The van der Waals surface area contributed by atoms with Gasteiger partial charge in [-0.2, -0.15) is 10.5 Å². The van der Waals surface area contributed by atoms with Crippen LogP contribution in [0, 0.1) is 111 Å². The van der Waals surface area contributed by atoms with Gasteiger partial charge in [0.05, 0.1) is 91.9 Å². The van der Waals surface area contributed by atoms with Crippen LogP contribution in [0.15, 0.2) is 165 Å². The van der Waals surface area contributed by atoms with Gasteiger partial charge in [-0.05, 0) is 223 Å². The number of hydrogen-bond acceptors (Lipinski definition) is 28. The molecule has 0 bridgehead atoms. The number of carbonyl (C=O) groups excluding carboxylic acids is 5. The molecule has 9 heterocycles. The van der Waals surface area contributed by atoms with E-state index in [1.165, 1.54) is 43.2 Å². The number of pyridine rings is 6. The number of hydrogen-bond donors (Lipinski definition) is 6. The highest BCUT2D eigenvalue weighted by Crippen LogP contribution is 2.45. The normalized spacial score (nSPS) is 21.2. The Labute approximate surface area is 839 Å². The van der Waals surface area contributed by atoms with Crippen molar-refractivity contribution in [2.45, 2.75) is 178 Å². The number of piperidine rings is 1. The minimum absolute atomic E-state index is 0.00147. The smallest absolute Gasteiger partial charge is 0.409 e. The Morgan fingerprint density at radius 1 is 0.434 bits per heavy atom. The summed E-state index contributed by atoms with van der Waals surface area (Å²) >= 11 is 1.75. The summed E-state index contributed by atoms with van der Waals surface area (Å²) < 4.78 is 165. The number of aryl methyl sites for hydroxylation is 1. The molecular formula is C106H110F10N18O9S2. The Morgan fingerprint density at radius 3 is 1.17 bits per heavy atom. The average Bonchev–Trinajstić information content (AvgIpc) is 1.76. The third kappa shape index (κ3) is 25.8. The number of nitrogens with two attached hydrogens (primary N) is 6. The predicted molar refractivity (Wildman–Crippen MR) is 528 cm³/mol. The van der Waals surface area contributed by atoms with Crippen molar-refractivity contribution in [3.05, 3.63) is 290 Å². The van der Waals surface area contributed by atoms with Gasteiger partial charge in [0.1, 0.15) is 112 Å². The Balaban J connectivity index is 0.000000162. The lowest BCUT2D eigenvalue weighted by Gasteiger charge is -2.45. The van der Waals surface area contributed by atoms with Crippen molar-refractivity contribution < 1.29 is 86.8 Å². The lowest BCUT2D eigenvalue weighted by molar-refractivity contribution is -0.0200. The number of aromatic nitrogens is 8. The van der Waals surface area contributed by atoms with E-state index < -0.39 is 104 Å². The topological polar surface area (TPSA) is 436 Å². The van der Waals surface area contributed by atoms with E-state index in [1.54, 1.807) is 69.8 Å². The van der Waals surface area contributed by atoms with Gasteiger partial charge in [-0.1, -0.05) is 68.6 Å². The van der Waals surface area contributed by atoms with Crippen molar-refractivity contribution in [2.75, 3.05) is 63.9 Å². The Hall–Kier alpha value is -13.6. The highest BCUT2D eigenvalue weighted by molar-refractivity contribution is 7.19. The molecule has 1 saturated heterocycles. The van der Waals surface area contributed by atoms with E-state index in [2.05, 4.69) is 72.8 Å². The number of nitriles is 2. The van der Waals surface area contributed by atoms with Crippen molar-refractivity contribution >= 4 is 67.6 Å². The van der Waals surface area contributed by atoms with Gasteiger partial charge in [-0.15, -0.1) is 0 Å². The molecule has 1 amide bonds. The quantitative estimate of drug-likeness (QED) is 0.0151. The van der Waals surface area contributed by atoms with E-state index in [9.17, 15) is 67.9 Å². The molecule has 3 saturated carbocycles. The highest BCUT2D eigenvalue weighted by atomic mass is 32.1. The molecule has 4 fully saturated rings. The van der Waals surface area contributed by atoms with Gasteiger partial charge in [-0.3, -0.25) is 39.1 Å². The van der Waals surface area contributed by atoms with Crippen molar-refractivity contribution in [3.8, 4) is 55.8 Å². The van der Waals surface area contributed by atoms with Gasteiger partial charge in [0.25, 0.3) is 0 Å². The van der Waals surface area contributed by atoms with Crippen LogP contribution in [-0.2, 0) is 44.6 Å². The van der Waals surface area contributed by atoms with Crippen LogP contribution in [0.4, 0.5) is 64.4 Å². The zero-order chi connectivity index (χ0) is 104. The summed E-state index contributed by atoms with van der Waals surface area (Å²) in [5, 5.41) is 17.8. The van der Waals surface area contributed by atoms with Gasteiger partial charge in [-0.25, -0.2) is 68.6 Å². The number of anilines is 3. The number of thiazole rings is 2. The zero-order valence-electron chi connectivity index (χ0n) is 80.7. The first kappa shape index (κ1) is 109. The molecule has 15 atom stereocenters. The van der Waals surface area contributed by atoms with E-state index >= 15 is 0 Å². The third-order valence-corrected chi connectivity index (χ3v) is 28.4. The van der Waals surface area contributed by atoms with Gasteiger partial charge in [0.15, 0.2) is 23.1 Å². The van der Waals surface area contributed by atoms with Crippen molar-refractivity contribution in [3.63, 3.8) is 0 Å². The monoisotopic (exact) mass is 2030 g/mol. The van der Waals surface area contributed by atoms with Gasteiger partial charge in [0, 0.05) is 138 Å². The Bertz CT molecular complexity index is 6450. The number of methoxy groups -OCH3 is 2. The molecule has 4 aliphatic rings. The van der Waals surface area contributed by atoms with Gasteiger partial charge < -0.3 is 63.1 Å². The van der Waals surface area contributed by atoms with Crippen LogP contribution in [-0.4, -0.2) is 170 Å². The summed E-state index contributed by atoms with van der Waals surface area (Å²) in [6.45, 7) is 11.4. The lowest BCUT2D eigenvalue weighted by atomic mass is 9.73. The number of nitrogens with zero attached hydrogens (tertiary/aromatic N) is 12. The number of nitrogen functional groups attached to an aromatic ring is 2. The first-order valence-corrected chi connectivity index (χ1v) is 48.6. The average molecular weight is 2030 g/mol. The molecule has 12 aromatic rings. The number of benzene rings is 4. The fourth-order valence-corrected chi connectivity index (χ4v) is 21.9. The van der Waals surface area contributed by atoms with Crippen LogP contribution in [0.2, 0.25) is 0 Å². The first-order valence-electron chi connectivity index (χ1n) is 47.0. The van der Waals surface area contributed by atoms with Gasteiger partial charge >= 0.3 is 6.09 Å². The fourth-order valence-electron chi connectivity index (χ4n) is 20.1. The number of ether oxygens (including phenoxy) is 4. The molecule has 4 aromatic carbocycles. The maximum atomic E-state index is 14.5. The summed E-state index contributed by atoms with van der Waals surface area (Å²) in [6.07, 6.45) is 17.4. The maximum Gasteiger partial charge on any atom is 0.409 e. The number of halogens is 10. The van der Waals surface area contributed by atoms with Crippen LogP contribution in [0.1, 0.15) is 183 Å². The van der Waals surface area contributed by atoms with Crippen molar-refractivity contribution in [2.24, 2.45) is 46.6 Å². The largest absolute Gasteiger partial charge is 0.453 e. The standard InChI is InChI=1S/C27H28F3N5O3.C27H28F3N3O2.2C26H27F2N5O2S/c1-15-13-35(14-20(31)26(15)34(2)27(37)38-3)22-9-10-32-12-16(22)11-23(36)21-8-7-19(30)25(33-21)24-17(28)5-4-6-18(24)29;1-14-8-20(29)25(21(30)9-14)26-19(28)4-5-23(33-26)24(34)12-17-13-32-7-6-18(17)16-10-15(2)27(35-3)22(31)11-16;2*1-14-10-15(11-20(30)24(14)35-9-3-7-29)17-6-8-32-13-16(17)12-21(34)23-25(31)36-26(33-23)22-18(27)4-2-5-19(22)28/h4-10,12,15,20,26H,11,13-14,31H2,1-3H3;4-9,13,15-16,22,27H,10-12,31H2,1-3H3;2*2,4-6,8,13-15,20,24H,3,9-12,30-31H2,1H3/t15-,20+,26-;15-,16+,22+,27+;2*14-,15+,20+,24-/m0010/s1. The number of amides is 1. The van der Waals surface area contributed by atoms with Gasteiger partial charge in [0.2, 0.25) is 0 Å². The molecule has 145 heavy (non-hydrogen) atoms. The zero-order valence-corrected chi connectivity index (χ0v) is 82.3.